The zero-order chi connectivity index (χ0) is 11.4. The van der Waals surface area contributed by atoms with E-state index in [4.69, 9.17) is 0 Å². The maximum absolute atomic E-state index is 4.04. The number of allylic oxidation sites excluding steroid dienone is 1. The Hall–Kier alpha value is -1.04. The minimum Gasteiger partial charge on any atom is -0.0992 e. The zero-order valence-electron chi connectivity index (χ0n) is 10.4. The molecule has 1 aliphatic carbocycles. The van der Waals surface area contributed by atoms with E-state index >= 15 is 0 Å². The van der Waals surface area contributed by atoms with Gasteiger partial charge in [0.2, 0.25) is 0 Å². The van der Waals surface area contributed by atoms with E-state index in [1.165, 1.54) is 22.3 Å². The molecule has 0 N–H and O–H groups in total. The van der Waals surface area contributed by atoms with Gasteiger partial charge in [-0.3, -0.25) is 0 Å². The Morgan fingerprint density at radius 1 is 1.07 bits per heavy atom. The third-order valence-electron chi connectivity index (χ3n) is 2.78. The molecule has 0 radical (unpaired) electrons. The molecule has 0 saturated heterocycles. The molecule has 0 fully saturated rings. The van der Waals surface area contributed by atoms with Crippen molar-refractivity contribution >= 4 is 0 Å². The monoisotopic (exact) mass is 202 g/mol. The fourth-order valence-corrected chi connectivity index (χ4v) is 1.94. The van der Waals surface area contributed by atoms with E-state index in [1.807, 2.05) is 13.8 Å². The highest BCUT2D eigenvalue weighted by Crippen LogP contribution is 2.28. The number of fused-ring (bicyclic) bond motifs is 1. The molecular weight excluding hydrogens is 180 g/mol. The molecule has 0 saturated carbocycles. The third-order valence-corrected chi connectivity index (χ3v) is 2.78. The van der Waals surface area contributed by atoms with E-state index in [0.717, 1.165) is 12.8 Å². The van der Waals surface area contributed by atoms with Crippen molar-refractivity contribution in [2.45, 2.75) is 46.5 Å². The molecule has 0 bridgehead atoms. The lowest BCUT2D eigenvalue weighted by Gasteiger charge is -2.07. The third kappa shape index (κ3) is 2.71. The molecular formula is C15H22. The Morgan fingerprint density at radius 2 is 1.67 bits per heavy atom. The standard InChI is InChI=1S/C13H16.C2H6/c1-9(2)11-4-5-12-6-10(3)7-13(12)8-11;1-2/h4-5,8-9H,3,6-7H2,1-2H3;1-2H3. The van der Waals surface area contributed by atoms with Gasteiger partial charge in [-0.2, -0.15) is 0 Å². The summed E-state index contributed by atoms with van der Waals surface area (Å²) in [6.45, 7) is 12.5. The predicted octanol–water partition coefficient (Wildman–Crippen LogP) is 4.49. The van der Waals surface area contributed by atoms with Gasteiger partial charge in [-0.1, -0.05) is 58.0 Å². The van der Waals surface area contributed by atoms with Crippen LogP contribution in [0, 0.1) is 0 Å². The van der Waals surface area contributed by atoms with E-state index in [0.29, 0.717) is 5.92 Å². The Labute approximate surface area is 94.0 Å². The van der Waals surface area contributed by atoms with Crippen molar-refractivity contribution < 1.29 is 0 Å². The first-order valence-electron chi connectivity index (χ1n) is 5.95. The minimum absolute atomic E-state index is 0.638. The van der Waals surface area contributed by atoms with Crippen LogP contribution >= 0.6 is 0 Å². The lowest BCUT2D eigenvalue weighted by molar-refractivity contribution is 0.864. The Balaban J connectivity index is 0.000000531. The first kappa shape index (κ1) is 12.0. The number of hydrogen-bond donors (Lipinski definition) is 0. The number of benzene rings is 1. The highest BCUT2D eigenvalue weighted by molar-refractivity contribution is 5.42. The topological polar surface area (TPSA) is 0 Å². The summed E-state index contributed by atoms with van der Waals surface area (Å²) in [6, 6.07) is 6.86. The molecule has 1 aromatic carbocycles. The van der Waals surface area contributed by atoms with Gasteiger partial charge in [0, 0.05) is 0 Å². The fraction of sp³-hybridized carbons (Fsp3) is 0.467. The molecule has 0 spiro atoms. The van der Waals surface area contributed by atoms with Gasteiger partial charge >= 0.3 is 0 Å². The van der Waals surface area contributed by atoms with Crippen LogP contribution in [0.2, 0.25) is 0 Å². The SMILES string of the molecule is C=C1Cc2ccc(C(C)C)cc2C1.CC. The van der Waals surface area contributed by atoms with Gasteiger partial charge in [0.15, 0.2) is 0 Å². The molecule has 0 atom stereocenters. The van der Waals surface area contributed by atoms with E-state index < -0.39 is 0 Å². The highest BCUT2D eigenvalue weighted by atomic mass is 14.2. The summed E-state index contributed by atoms with van der Waals surface area (Å²) < 4.78 is 0. The van der Waals surface area contributed by atoms with Crippen molar-refractivity contribution in [3.05, 3.63) is 47.0 Å². The number of rotatable bonds is 1. The molecule has 0 heterocycles. The van der Waals surface area contributed by atoms with Crippen molar-refractivity contribution in [1.82, 2.24) is 0 Å². The minimum atomic E-state index is 0.638. The molecule has 82 valence electrons. The lowest BCUT2D eigenvalue weighted by atomic mass is 9.99. The summed E-state index contributed by atoms with van der Waals surface area (Å²) in [6.07, 6.45) is 2.18. The second-order valence-corrected chi connectivity index (χ2v) is 4.29. The average Bonchev–Trinajstić information content (AvgIpc) is 2.59. The van der Waals surface area contributed by atoms with Crippen molar-refractivity contribution in [3.63, 3.8) is 0 Å². The van der Waals surface area contributed by atoms with Crippen LogP contribution < -0.4 is 0 Å². The van der Waals surface area contributed by atoms with E-state index in [1.54, 1.807) is 0 Å². The highest BCUT2D eigenvalue weighted by Gasteiger charge is 2.14. The molecule has 0 heteroatoms. The van der Waals surface area contributed by atoms with Gasteiger partial charge in [-0.15, -0.1) is 0 Å². The van der Waals surface area contributed by atoms with Crippen molar-refractivity contribution in [3.8, 4) is 0 Å². The molecule has 15 heavy (non-hydrogen) atoms. The second-order valence-electron chi connectivity index (χ2n) is 4.29. The molecule has 0 aliphatic heterocycles. The summed E-state index contributed by atoms with van der Waals surface area (Å²) >= 11 is 0. The molecule has 0 unspecified atom stereocenters. The summed E-state index contributed by atoms with van der Waals surface area (Å²) in [5.74, 6) is 0.638. The second kappa shape index (κ2) is 5.16. The van der Waals surface area contributed by atoms with Crippen LogP contribution in [0.15, 0.2) is 30.4 Å². The Morgan fingerprint density at radius 3 is 2.27 bits per heavy atom. The first-order chi connectivity index (χ1) is 7.16. The van der Waals surface area contributed by atoms with Gasteiger partial charge in [0.25, 0.3) is 0 Å². The largest absolute Gasteiger partial charge is 0.0992 e. The summed E-state index contributed by atoms with van der Waals surface area (Å²) in [5, 5.41) is 0. The molecule has 0 amide bonds. The molecule has 0 aromatic heterocycles. The molecule has 2 rings (SSSR count). The van der Waals surface area contributed by atoms with Crippen LogP contribution in [0.1, 0.15) is 50.3 Å². The van der Waals surface area contributed by atoms with Gasteiger partial charge in [0.05, 0.1) is 0 Å². The van der Waals surface area contributed by atoms with Crippen LogP contribution in [0.25, 0.3) is 0 Å². The smallest absolute Gasteiger partial charge is 0.00635 e. The van der Waals surface area contributed by atoms with Gasteiger partial charge in [-0.25, -0.2) is 0 Å². The molecule has 0 nitrogen and oxygen atoms in total. The van der Waals surface area contributed by atoms with Crippen LogP contribution in [0.3, 0.4) is 0 Å². The summed E-state index contributed by atoms with van der Waals surface area (Å²) in [4.78, 5) is 0. The maximum atomic E-state index is 4.04. The van der Waals surface area contributed by atoms with Crippen LogP contribution in [0.5, 0.6) is 0 Å². The van der Waals surface area contributed by atoms with Crippen LogP contribution in [-0.4, -0.2) is 0 Å². The predicted molar refractivity (Wildman–Crippen MR) is 68.4 cm³/mol. The summed E-state index contributed by atoms with van der Waals surface area (Å²) in [7, 11) is 0. The van der Waals surface area contributed by atoms with Crippen LogP contribution in [0.4, 0.5) is 0 Å². The summed E-state index contributed by atoms with van der Waals surface area (Å²) in [5.41, 5.74) is 5.79. The average molecular weight is 202 g/mol. The quantitative estimate of drug-likeness (QED) is 0.588. The normalized spacial score (nSPS) is 13.5. The maximum Gasteiger partial charge on any atom is -0.00635 e. The fourth-order valence-electron chi connectivity index (χ4n) is 1.94. The van der Waals surface area contributed by atoms with E-state index in [2.05, 4.69) is 38.6 Å². The molecule has 1 aromatic rings. The van der Waals surface area contributed by atoms with Gasteiger partial charge in [0.1, 0.15) is 0 Å². The number of hydrogen-bond acceptors (Lipinski definition) is 0. The van der Waals surface area contributed by atoms with E-state index in [-0.39, 0.29) is 0 Å². The van der Waals surface area contributed by atoms with Crippen LogP contribution in [-0.2, 0) is 12.8 Å². The van der Waals surface area contributed by atoms with Gasteiger partial charge < -0.3 is 0 Å². The zero-order valence-corrected chi connectivity index (χ0v) is 10.4. The van der Waals surface area contributed by atoms with Crippen molar-refractivity contribution in [1.29, 1.82) is 0 Å². The first-order valence-corrected chi connectivity index (χ1v) is 5.95. The van der Waals surface area contributed by atoms with Crippen molar-refractivity contribution in [2.75, 3.05) is 0 Å². The molecule has 1 aliphatic rings. The van der Waals surface area contributed by atoms with E-state index in [9.17, 15) is 0 Å². The lowest BCUT2D eigenvalue weighted by Crippen LogP contribution is -1.90. The van der Waals surface area contributed by atoms with Crippen molar-refractivity contribution in [2.24, 2.45) is 0 Å². The Bertz CT molecular complexity index is 345. The Kier molecular flexibility index (Phi) is 4.14. The van der Waals surface area contributed by atoms with Gasteiger partial charge in [-0.05, 0) is 35.4 Å².